The van der Waals surface area contributed by atoms with E-state index in [9.17, 15) is 14.7 Å². The van der Waals surface area contributed by atoms with E-state index < -0.39 is 17.6 Å². The van der Waals surface area contributed by atoms with Crippen LogP contribution in [-0.2, 0) is 15.1 Å². The third kappa shape index (κ3) is 3.33. The van der Waals surface area contributed by atoms with Crippen molar-refractivity contribution in [2.75, 3.05) is 6.61 Å². The molecular formula is C23H20N2O4. The fraction of sp³-hybridized carbons (Fsp3) is 0.174. The summed E-state index contributed by atoms with van der Waals surface area (Å²) in [5, 5.41) is 12.2. The zero-order valence-corrected chi connectivity index (χ0v) is 15.8. The highest BCUT2D eigenvalue weighted by Crippen LogP contribution is 2.44. The molecule has 1 atom stereocenters. The Bertz CT molecular complexity index is 1020. The van der Waals surface area contributed by atoms with Crippen molar-refractivity contribution < 1.29 is 19.4 Å². The maximum Gasteiger partial charge on any atom is 0.408 e. The maximum atomic E-state index is 12.5. The van der Waals surface area contributed by atoms with Crippen molar-refractivity contribution >= 4 is 12.1 Å². The number of benzene rings is 2. The summed E-state index contributed by atoms with van der Waals surface area (Å²) in [7, 11) is 0. The lowest BCUT2D eigenvalue weighted by Gasteiger charge is -2.26. The van der Waals surface area contributed by atoms with Gasteiger partial charge in [-0.3, -0.25) is 4.98 Å². The summed E-state index contributed by atoms with van der Waals surface area (Å²) in [4.78, 5) is 28.3. The van der Waals surface area contributed by atoms with Crippen LogP contribution in [0.25, 0.3) is 11.1 Å². The van der Waals surface area contributed by atoms with E-state index in [1.807, 2.05) is 36.4 Å². The monoisotopic (exact) mass is 388 g/mol. The molecule has 0 fully saturated rings. The number of pyridine rings is 1. The number of aromatic nitrogens is 1. The van der Waals surface area contributed by atoms with Gasteiger partial charge in [0.25, 0.3) is 0 Å². The minimum Gasteiger partial charge on any atom is -0.479 e. The number of alkyl carbamates (subject to hydrolysis) is 1. The van der Waals surface area contributed by atoms with E-state index in [2.05, 4.69) is 22.4 Å². The van der Waals surface area contributed by atoms with Crippen LogP contribution in [0.1, 0.15) is 29.5 Å². The number of carboxylic acids is 1. The van der Waals surface area contributed by atoms with E-state index in [4.69, 9.17) is 4.74 Å². The molecule has 2 N–H and O–H groups in total. The molecule has 0 aliphatic heterocycles. The van der Waals surface area contributed by atoms with Crippen molar-refractivity contribution in [2.45, 2.75) is 18.4 Å². The fourth-order valence-corrected chi connectivity index (χ4v) is 3.75. The number of ether oxygens (including phenoxy) is 1. The van der Waals surface area contributed by atoms with Gasteiger partial charge in [-0.25, -0.2) is 9.59 Å². The molecule has 3 aromatic rings. The highest BCUT2D eigenvalue weighted by molar-refractivity contribution is 5.85. The van der Waals surface area contributed by atoms with Crippen LogP contribution in [0.4, 0.5) is 4.79 Å². The molecule has 2 aromatic carbocycles. The van der Waals surface area contributed by atoms with Gasteiger partial charge < -0.3 is 15.2 Å². The molecule has 0 spiro atoms. The number of hydrogen-bond acceptors (Lipinski definition) is 4. The normalized spacial score (nSPS) is 14.4. The topological polar surface area (TPSA) is 88.5 Å². The first-order valence-corrected chi connectivity index (χ1v) is 9.28. The molecule has 0 radical (unpaired) electrons. The molecule has 0 bridgehead atoms. The van der Waals surface area contributed by atoms with E-state index in [1.165, 1.54) is 13.1 Å². The SMILES string of the molecule is CC(NC(=O)OCC1c2ccccc2-c2ccccc21)(C(=O)O)c1cccnc1. The van der Waals surface area contributed by atoms with Gasteiger partial charge in [-0.15, -0.1) is 0 Å². The third-order valence-corrected chi connectivity index (χ3v) is 5.36. The predicted octanol–water partition coefficient (Wildman–Crippen LogP) is 3.92. The quantitative estimate of drug-likeness (QED) is 0.692. The molecule has 1 aliphatic rings. The van der Waals surface area contributed by atoms with Crippen LogP contribution in [-0.4, -0.2) is 28.8 Å². The molecule has 1 aliphatic carbocycles. The number of carbonyl (C=O) groups is 2. The van der Waals surface area contributed by atoms with Crippen LogP contribution >= 0.6 is 0 Å². The summed E-state index contributed by atoms with van der Waals surface area (Å²) in [6.45, 7) is 1.52. The van der Waals surface area contributed by atoms with E-state index in [0.29, 0.717) is 5.56 Å². The van der Waals surface area contributed by atoms with Gasteiger partial charge >= 0.3 is 12.1 Å². The van der Waals surface area contributed by atoms with Crippen molar-refractivity contribution in [2.24, 2.45) is 0 Å². The highest BCUT2D eigenvalue weighted by Gasteiger charge is 2.38. The molecule has 1 heterocycles. The minimum absolute atomic E-state index is 0.0948. The zero-order chi connectivity index (χ0) is 20.4. The van der Waals surface area contributed by atoms with Crippen molar-refractivity contribution in [1.82, 2.24) is 10.3 Å². The Hall–Kier alpha value is -3.67. The lowest BCUT2D eigenvalue weighted by atomic mass is 9.94. The van der Waals surface area contributed by atoms with Crippen molar-refractivity contribution in [3.05, 3.63) is 89.7 Å². The van der Waals surface area contributed by atoms with Gasteiger partial charge in [0.15, 0.2) is 5.54 Å². The van der Waals surface area contributed by atoms with Crippen LogP contribution in [0, 0.1) is 0 Å². The third-order valence-electron chi connectivity index (χ3n) is 5.36. The molecule has 146 valence electrons. The number of carbonyl (C=O) groups excluding carboxylic acids is 1. The Morgan fingerprint density at radius 2 is 1.66 bits per heavy atom. The zero-order valence-electron chi connectivity index (χ0n) is 15.8. The average molecular weight is 388 g/mol. The van der Waals surface area contributed by atoms with Gasteiger partial charge in [0.05, 0.1) is 0 Å². The van der Waals surface area contributed by atoms with Crippen LogP contribution in [0.5, 0.6) is 0 Å². The molecule has 29 heavy (non-hydrogen) atoms. The smallest absolute Gasteiger partial charge is 0.408 e. The predicted molar refractivity (Wildman–Crippen MR) is 107 cm³/mol. The number of aliphatic carboxylic acids is 1. The molecule has 4 rings (SSSR count). The number of hydrogen-bond donors (Lipinski definition) is 2. The van der Waals surface area contributed by atoms with Crippen molar-refractivity contribution in [3.63, 3.8) is 0 Å². The largest absolute Gasteiger partial charge is 0.479 e. The lowest BCUT2D eigenvalue weighted by molar-refractivity contribution is -0.144. The van der Waals surface area contributed by atoms with Gasteiger partial charge in [0.1, 0.15) is 6.61 Å². The van der Waals surface area contributed by atoms with Crippen molar-refractivity contribution in [1.29, 1.82) is 0 Å². The standard InChI is InChI=1S/C23H20N2O4/c1-23(21(26)27,15-7-6-12-24-13-15)25-22(28)29-14-20-18-10-4-2-8-16(18)17-9-3-5-11-19(17)20/h2-13,20H,14H2,1H3,(H,25,28)(H,26,27). The molecule has 1 unspecified atom stereocenters. The molecule has 1 aromatic heterocycles. The lowest BCUT2D eigenvalue weighted by Crippen LogP contribution is -2.50. The molecule has 1 amide bonds. The second-order valence-corrected chi connectivity index (χ2v) is 7.12. The van der Waals surface area contributed by atoms with Gasteiger partial charge in [0.2, 0.25) is 0 Å². The first kappa shape index (κ1) is 18.7. The van der Waals surface area contributed by atoms with Crippen LogP contribution in [0.15, 0.2) is 73.1 Å². The second kappa shape index (κ2) is 7.39. The van der Waals surface area contributed by atoms with Gasteiger partial charge in [0, 0.05) is 23.9 Å². The molecule has 0 saturated carbocycles. The number of amides is 1. The number of nitrogens with one attached hydrogen (secondary N) is 1. The molecule has 6 nitrogen and oxygen atoms in total. The van der Waals surface area contributed by atoms with Crippen LogP contribution in [0.2, 0.25) is 0 Å². The summed E-state index contributed by atoms with van der Waals surface area (Å²) in [6.07, 6.45) is 2.16. The summed E-state index contributed by atoms with van der Waals surface area (Å²) in [6, 6.07) is 19.3. The number of rotatable bonds is 5. The fourth-order valence-electron chi connectivity index (χ4n) is 3.75. The van der Waals surface area contributed by atoms with Crippen LogP contribution < -0.4 is 5.32 Å². The van der Waals surface area contributed by atoms with E-state index in [0.717, 1.165) is 22.3 Å². The first-order chi connectivity index (χ1) is 14.0. The van der Waals surface area contributed by atoms with Gasteiger partial charge in [-0.1, -0.05) is 54.6 Å². The van der Waals surface area contributed by atoms with Crippen molar-refractivity contribution in [3.8, 4) is 11.1 Å². The van der Waals surface area contributed by atoms with E-state index in [1.54, 1.807) is 18.3 Å². The second-order valence-electron chi connectivity index (χ2n) is 7.12. The number of nitrogens with zero attached hydrogens (tertiary/aromatic N) is 1. The minimum atomic E-state index is -1.64. The Kier molecular flexibility index (Phi) is 4.76. The highest BCUT2D eigenvalue weighted by atomic mass is 16.5. The summed E-state index contributed by atoms with van der Waals surface area (Å²) in [5.41, 5.74) is 3.16. The molecular weight excluding hydrogens is 368 g/mol. The van der Waals surface area contributed by atoms with Gasteiger partial charge in [-0.05, 0) is 35.2 Å². The van der Waals surface area contributed by atoms with Crippen LogP contribution in [0.3, 0.4) is 0 Å². The average Bonchev–Trinajstić information content (AvgIpc) is 3.06. The Balaban J connectivity index is 1.52. The number of carboxylic acid groups (broad SMARTS) is 1. The van der Waals surface area contributed by atoms with E-state index in [-0.39, 0.29) is 12.5 Å². The molecule has 6 heteroatoms. The molecule has 0 saturated heterocycles. The Morgan fingerprint density at radius 3 is 2.21 bits per heavy atom. The summed E-state index contributed by atoms with van der Waals surface area (Å²) >= 11 is 0. The summed E-state index contributed by atoms with van der Waals surface area (Å²) in [5.74, 6) is -1.29. The van der Waals surface area contributed by atoms with E-state index >= 15 is 0 Å². The Labute approximate surface area is 168 Å². The Morgan fingerprint density at radius 1 is 1.03 bits per heavy atom. The number of fused-ring (bicyclic) bond motifs is 3. The summed E-state index contributed by atoms with van der Waals surface area (Å²) < 4.78 is 5.47. The maximum absolute atomic E-state index is 12.5. The first-order valence-electron chi connectivity index (χ1n) is 9.28. The van der Waals surface area contributed by atoms with Gasteiger partial charge in [-0.2, -0.15) is 0 Å².